The summed E-state index contributed by atoms with van der Waals surface area (Å²) in [6, 6.07) is 32.1. The molecule has 0 aliphatic carbocycles. The van der Waals surface area contributed by atoms with Crippen molar-refractivity contribution in [3.63, 3.8) is 0 Å². The van der Waals surface area contributed by atoms with Gasteiger partial charge in [-0.05, 0) is 121 Å². The molecule has 0 saturated heterocycles. The molecule has 0 aliphatic heterocycles. The lowest BCUT2D eigenvalue weighted by molar-refractivity contribution is -0.153. The lowest BCUT2D eigenvalue weighted by atomic mass is 10.0. The Bertz CT molecular complexity index is 1980. The number of carbonyl (C=O) groups excluding carboxylic acids is 5. The first-order valence-corrected chi connectivity index (χ1v) is 20.8. The van der Waals surface area contributed by atoms with Gasteiger partial charge in [-0.3, -0.25) is 19.3 Å². The second-order valence-electron chi connectivity index (χ2n) is 17.3. The Balaban J connectivity index is 0.00000102. The van der Waals surface area contributed by atoms with Crippen molar-refractivity contribution in [3.8, 4) is 11.5 Å². The first kappa shape index (κ1) is 59.2. The highest BCUT2D eigenvalue weighted by Gasteiger charge is 2.28. The SMILES string of the molecule is C.CC(C)(C)OC(=O)Oc1ccc(C=O)cc1.CC(C)[C@@H](C(=O)OCc1ccccc1)N(C)Cc1ccc(OC(=O)OC(C)(C)C)cc1.CN[C@H](C(=O)OCc1ccccc1)C(C)C.Cl. The molecule has 4 aromatic rings. The average Bonchev–Trinajstić information content (AvgIpc) is 3.20. The van der Waals surface area contributed by atoms with Gasteiger partial charge in [0.2, 0.25) is 0 Å². The van der Waals surface area contributed by atoms with Gasteiger partial charge in [-0.2, -0.15) is 0 Å². The van der Waals surface area contributed by atoms with Gasteiger partial charge in [0.05, 0.1) is 0 Å². The minimum absolute atomic E-state index is 0. The number of nitrogens with zero attached hydrogens (tertiary/aromatic N) is 1. The molecule has 2 atom stereocenters. The summed E-state index contributed by atoms with van der Waals surface area (Å²) < 4.78 is 31.0. The van der Waals surface area contributed by atoms with E-state index in [1.54, 1.807) is 72.9 Å². The van der Waals surface area contributed by atoms with Crippen molar-refractivity contribution in [2.24, 2.45) is 11.8 Å². The molecule has 65 heavy (non-hydrogen) atoms. The van der Waals surface area contributed by atoms with E-state index in [1.807, 2.05) is 112 Å². The fourth-order valence-corrected chi connectivity index (χ4v) is 5.71. The number of halogens is 1. The molecule has 0 spiro atoms. The summed E-state index contributed by atoms with van der Waals surface area (Å²) in [5, 5.41) is 2.96. The number of ether oxygens (including phenoxy) is 6. The molecule has 4 rings (SSSR count). The molecule has 0 unspecified atom stereocenters. The molecule has 0 amide bonds. The van der Waals surface area contributed by atoms with Crippen LogP contribution in [0.5, 0.6) is 11.5 Å². The van der Waals surface area contributed by atoms with E-state index in [1.165, 1.54) is 12.1 Å². The monoisotopic (exact) mass is 922 g/mol. The summed E-state index contributed by atoms with van der Waals surface area (Å²) >= 11 is 0. The molecule has 358 valence electrons. The maximum atomic E-state index is 12.7. The third kappa shape index (κ3) is 24.8. The minimum atomic E-state index is -0.758. The zero-order valence-corrected chi connectivity index (χ0v) is 40.1. The molecular formula is C51H71ClN2O11. The van der Waals surface area contributed by atoms with E-state index >= 15 is 0 Å². The van der Waals surface area contributed by atoms with Gasteiger partial charge in [-0.15, -0.1) is 12.4 Å². The third-order valence-corrected chi connectivity index (χ3v) is 8.58. The molecule has 14 heteroatoms. The van der Waals surface area contributed by atoms with Crippen LogP contribution in [0.4, 0.5) is 9.59 Å². The van der Waals surface area contributed by atoms with Crippen LogP contribution < -0.4 is 14.8 Å². The summed E-state index contributed by atoms with van der Waals surface area (Å²) in [4.78, 5) is 59.9. The van der Waals surface area contributed by atoms with Crippen molar-refractivity contribution >= 4 is 42.9 Å². The molecule has 0 saturated carbocycles. The molecule has 0 aromatic heterocycles. The van der Waals surface area contributed by atoms with Gasteiger partial charge >= 0.3 is 24.2 Å². The van der Waals surface area contributed by atoms with Crippen LogP contribution in [0.1, 0.15) is 104 Å². The summed E-state index contributed by atoms with van der Waals surface area (Å²) in [7, 11) is 3.67. The molecule has 1 N–H and O–H groups in total. The highest BCUT2D eigenvalue weighted by atomic mass is 35.5. The van der Waals surface area contributed by atoms with Crippen molar-refractivity contribution in [1.82, 2.24) is 10.2 Å². The van der Waals surface area contributed by atoms with Crippen LogP contribution in [-0.2, 0) is 48.3 Å². The Hall–Kier alpha value is -5.76. The average molecular weight is 924 g/mol. The van der Waals surface area contributed by atoms with Crippen molar-refractivity contribution < 1.29 is 52.4 Å². The smallest absolute Gasteiger partial charge is 0.460 e. The van der Waals surface area contributed by atoms with Crippen molar-refractivity contribution in [3.05, 3.63) is 131 Å². The predicted octanol–water partition coefficient (Wildman–Crippen LogP) is 11.0. The van der Waals surface area contributed by atoms with Crippen LogP contribution in [0.2, 0.25) is 0 Å². The van der Waals surface area contributed by atoms with Crippen LogP contribution in [0.25, 0.3) is 0 Å². The van der Waals surface area contributed by atoms with Gasteiger partial charge in [-0.1, -0.05) is 108 Å². The van der Waals surface area contributed by atoms with Gasteiger partial charge in [-0.25, -0.2) is 9.59 Å². The van der Waals surface area contributed by atoms with Crippen LogP contribution in [0.3, 0.4) is 0 Å². The second-order valence-corrected chi connectivity index (χ2v) is 17.3. The number of esters is 2. The standard InChI is InChI=1S/C25H33NO5.C13H19NO2.C12H14O4.CH4.ClH/c1-18(2)22(23(27)29-17-20-10-8-7-9-11-20)26(6)16-19-12-14-21(15-13-19)30-24(28)31-25(3,4)5;1-10(2)12(14-3)13(15)16-9-11-7-5-4-6-8-11;1-12(2,3)16-11(14)15-10-6-4-9(8-13)5-7-10;;/h7-15,18,22H,16-17H2,1-6H3;4-8,10,12,14H,9H2,1-3H3;4-8H,1-3H3;1H4;1H/t22-;12-;;;/m00.../s1. The Kier molecular flexibility index (Phi) is 27.0. The first-order valence-electron chi connectivity index (χ1n) is 20.8. The number of nitrogens with one attached hydrogen (secondary N) is 1. The summed E-state index contributed by atoms with van der Waals surface area (Å²) in [5.41, 5.74) is 2.29. The van der Waals surface area contributed by atoms with Gasteiger partial charge in [0.25, 0.3) is 0 Å². The van der Waals surface area contributed by atoms with E-state index in [9.17, 15) is 24.0 Å². The molecule has 0 bridgehead atoms. The van der Waals surface area contributed by atoms with Gasteiger partial charge in [0, 0.05) is 12.1 Å². The maximum Gasteiger partial charge on any atom is 0.514 e. The van der Waals surface area contributed by atoms with E-state index in [0.717, 1.165) is 23.0 Å². The third-order valence-electron chi connectivity index (χ3n) is 8.58. The van der Waals surface area contributed by atoms with E-state index < -0.39 is 23.5 Å². The number of likely N-dealkylation sites (N-methyl/N-ethyl adjacent to an activating group) is 2. The van der Waals surface area contributed by atoms with Crippen molar-refractivity contribution in [2.45, 2.75) is 120 Å². The Morgan fingerprint density at radius 3 is 1.35 bits per heavy atom. The number of carbonyl (C=O) groups is 5. The van der Waals surface area contributed by atoms with E-state index in [2.05, 4.69) is 5.32 Å². The van der Waals surface area contributed by atoms with Crippen LogP contribution in [0, 0.1) is 11.8 Å². The van der Waals surface area contributed by atoms with Gasteiger partial charge in [0.1, 0.15) is 54.3 Å². The summed E-state index contributed by atoms with van der Waals surface area (Å²) in [6.07, 6.45) is -0.776. The van der Waals surface area contributed by atoms with Crippen LogP contribution in [-0.4, -0.2) is 72.8 Å². The molecular weight excluding hydrogens is 852 g/mol. The highest BCUT2D eigenvalue weighted by Crippen LogP contribution is 2.20. The fraction of sp³-hybridized carbons (Fsp3) is 0.431. The molecule has 0 radical (unpaired) electrons. The largest absolute Gasteiger partial charge is 0.514 e. The Morgan fingerprint density at radius 2 is 1.00 bits per heavy atom. The topological polar surface area (TPSA) is 156 Å². The molecule has 0 aliphatic rings. The summed E-state index contributed by atoms with van der Waals surface area (Å²) in [5.74, 6) is 0.632. The van der Waals surface area contributed by atoms with E-state index in [0.29, 0.717) is 30.2 Å². The van der Waals surface area contributed by atoms with Crippen LogP contribution in [0.15, 0.2) is 109 Å². The zero-order valence-electron chi connectivity index (χ0n) is 39.2. The number of hydrogen-bond acceptors (Lipinski definition) is 13. The highest BCUT2D eigenvalue weighted by molar-refractivity contribution is 5.85. The Morgan fingerprint density at radius 1 is 0.600 bits per heavy atom. The summed E-state index contributed by atoms with van der Waals surface area (Å²) in [6.45, 7) is 19.7. The van der Waals surface area contributed by atoms with E-state index in [4.69, 9.17) is 28.4 Å². The second kappa shape index (κ2) is 29.6. The van der Waals surface area contributed by atoms with Crippen molar-refractivity contribution in [2.75, 3.05) is 14.1 Å². The number of benzene rings is 4. The number of hydrogen-bond donors (Lipinski definition) is 1. The normalized spacial score (nSPS) is 11.7. The van der Waals surface area contributed by atoms with E-state index in [-0.39, 0.29) is 62.3 Å². The van der Waals surface area contributed by atoms with Crippen LogP contribution >= 0.6 is 12.4 Å². The molecule has 13 nitrogen and oxygen atoms in total. The minimum Gasteiger partial charge on any atom is -0.460 e. The fourth-order valence-electron chi connectivity index (χ4n) is 5.71. The molecule has 4 aromatic carbocycles. The first-order chi connectivity index (χ1) is 29.6. The quantitative estimate of drug-likeness (QED) is 0.0521. The number of rotatable bonds is 15. The number of aldehydes is 1. The molecule has 0 fully saturated rings. The molecule has 0 heterocycles. The maximum absolute atomic E-state index is 12.7. The van der Waals surface area contributed by atoms with Gasteiger partial charge in [0.15, 0.2) is 0 Å². The predicted molar refractivity (Wildman–Crippen MR) is 256 cm³/mol. The zero-order chi connectivity index (χ0) is 47.2. The lowest BCUT2D eigenvalue weighted by Gasteiger charge is -2.29. The van der Waals surface area contributed by atoms with Gasteiger partial charge < -0.3 is 33.7 Å². The Labute approximate surface area is 392 Å². The van der Waals surface area contributed by atoms with Crippen molar-refractivity contribution in [1.29, 1.82) is 0 Å². The lowest BCUT2D eigenvalue weighted by Crippen LogP contribution is -2.43.